The van der Waals surface area contributed by atoms with Crippen LogP contribution in [0.25, 0.3) is 0 Å². The van der Waals surface area contributed by atoms with Crippen LogP contribution in [-0.2, 0) is 16.6 Å². The summed E-state index contributed by atoms with van der Waals surface area (Å²) in [5, 5.41) is 0.601. The van der Waals surface area contributed by atoms with Crippen molar-refractivity contribution in [2.24, 2.45) is 0 Å². The molecular weight excluding hydrogens is 408 g/mol. The summed E-state index contributed by atoms with van der Waals surface area (Å²) in [4.78, 5) is 17.5. The van der Waals surface area contributed by atoms with E-state index in [-0.39, 0.29) is 11.7 Å². The molecular formula is C22H21ClN2O3S. The highest BCUT2D eigenvalue weighted by Gasteiger charge is 2.24. The first kappa shape index (κ1) is 19.7. The first-order valence-corrected chi connectivity index (χ1v) is 11.1. The molecule has 3 aromatic rings. The van der Waals surface area contributed by atoms with E-state index in [1.54, 1.807) is 41.3 Å². The molecule has 5 nitrogen and oxygen atoms in total. The van der Waals surface area contributed by atoms with Crippen LogP contribution in [0.2, 0.25) is 5.02 Å². The van der Waals surface area contributed by atoms with Crippen LogP contribution in [0.5, 0.6) is 0 Å². The van der Waals surface area contributed by atoms with Gasteiger partial charge in [0, 0.05) is 41.8 Å². The number of amides is 1. The van der Waals surface area contributed by atoms with Gasteiger partial charge in [0.1, 0.15) is 5.76 Å². The molecule has 1 amide bonds. The maximum atomic E-state index is 12.8. The molecule has 0 unspecified atom stereocenters. The van der Waals surface area contributed by atoms with Gasteiger partial charge < -0.3 is 14.2 Å². The Balaban J connectivity index is 1.35. The summed E-state index contributed by atoms with van der Waals surface area (Å²) < 4.78 is 18.2. The Hall–Kier alpha value is -2.57. The van der Waals surface area contributed by atoms with E-state index in [0.717, 1.165) is 13.1 Å². The zero-order chi connectivity index (χ0) is 20.2. The molecule has 4 rings (SSSR count). The van der Waals surface area contributed by atoms with Gasteiger partial charge in [0.15, 0.2) is 5.76 Å². The summed E-state index contributed by atoms with van der Waals surface area (Å²) in [7, 11) is -1.26. The largest absolute Gasteiger partial charge is 0.455 e. The fourth-order valence-electron chi connectivity index (χ4n) is 3.33. The van der Waals surface area contributed by atoms with Gasteiger partial charge >= 0.3 is 0 Å². The Morgan fingerprint density at radius 1 is 0.931 bits per heavy atom. The lowest BCUT2D eigenvalue weighted by Gasteiger charge is -2.35. The topological polar surface area (TPSA) is 53.8 Å². The Bertz CT molecular complexity index is 996. The minimum Gasteiger partial charge on any atom is -0.455 e. The maximum absolute atomic E-state index is 12.8. The van der Waals surface area contributed by atoms with Crippen LogP contribution in [0.1, 0.15) is 16.3 Å². The van der Waals surface area contributed by atoms with Crippen molar-refractivity contribution in [1.29, 1.82) is 0 Å². The van der Waals surface area contributed by atoms with Crippen molar-refractivity contribution < 1.29 is 13.4 Å². The van der Waals surface area contributed by atoms with Crippen LogP contribution in [0.15, 0.2) is 76.0 Å². The van der Waals surface area contributed by atoms with E-state index < -0.39 is 10.8 Å². The smallest absolute Gasteiger partial charge is 0.289 e. The van der Waals surface area contributed by atoms with Gasteiger partial charge in [0.25, 0.3) is 5.91 Å². The lowest BCUT2D eigenvalue weighted by atomic mass is 10.2. The average molecular weight is 429 g/mol. The van der Waals surface area contributed by atoms with Crippen molar-refractivity contribution in [2.75, 3.05) is 31.1 Å². The number of carbonyl (C=O) groups is 1. The molecule has 0 saturated carbocycles. The van der Waals surface area contributed by atoms with Gasteiger partial charge in [-0.05, 0) is 48.5 Å². The SMILES string of the molecule is O=C(c1ccc(C[S@@](=O)c2ccc(Cl)cc2)o1)N1CCN(c2ccccc2)CC1. The summed E-state index contributed by atoms with van der Waals surface area (Å²) in [6.45, 7) is 2.84. The highest BCUT2D eigenvalue weighted by molar-refractivity contribution is 7.84. The molecule has 1 fully saturated rings. The normalized spacial score (nSPS) is 15.3. The first-order chi connectivity index (χ1) is 14.1. The van der Waals surface area contributed by atoms with Crippen LogP contribution in [0.4, 0.5) is 5.69 Å². The number of hydrogen-bond donors (Lipinski definition) is 0. The van der Waals surface area contributed by atoms with E-state index in [0.29, 0.717) is 34.5 Å². The van der Waals surface area contributed by atoms with E-state index >= 15 is 0 Å². The minimum atomic E-state index is -1.26. The molecule has 0 spiro atoms. The van der Waals surface area contributed by atoms with Gasteiger partial charge in [-0.15, -0.1) is 0 Å². The number of furan rings is 1. The number of halogens is 1. The van der Waals surface area contributed by atoms with Crippen LogP contribution in [0.3, 0.4) is 0 Å². The van der Waals surface area contributed by atoms with Gasteiger partial charge in [0.05, 0.1) is 16.6 Å². The highest BCUT2D eigenvalue weighted by Crippen LogP contribution is 2.20. The summed E-state index contributed by atoms with van der Waals surface area (Å²) in [5.41, 5.74) is 1.17. The van der Waals surface area contributed by atoms with Gasteiger partial charge in [-0.2, -0.15) is 0 Å². The number of benzene rings is 2. The molecule has 0 aliphatic carbocycles. The van der Waals surface area contributed by atoms with Crippen LogP contribution >= 0.6 is 11.6 Å². The van der Waals surface area contributed by atoms with E-state index in [4.69, 9.17) is 16.0 Å². The maximum Gasteiger partial charge on any atom is 0.289 e. The second kappa shape index (κ2) is 8.84. The molecule has 7 heteroatoms. The fraction of sp³-hybridized carbons (Fsp3) is 0.227. The Morgan fingerprint density at radius 2 is 1.62 bits per heavy atom. The van der Waals surface area contributed by atoms with Crippen molar-refractivity contribution in [3.05, 3.63) is 83.3 Å². The summed E-state index contributed by atoms with van der Waals surface area (Å²) in [5.74, 6) is 0.920. The summed E-state index contributed by atoms with van der Waals surface area (Å²) in [6, 6.07) is 20.5. The van der Waals surface area contributed by atoms with Gasteiger partial charge in [-0.25, -0.2) is 0 Å². The van der Waals surface area contributed by atoms with E-state index in [1.165, 1.54) is 5.69 Å². The monoisotopic (exact) mass is 428 g/mol. The number of carbonyl (C=O) groups excluding carboxylic acids is 1. The van der Waals surface area contributed by atoms with Crippen molar-refractivity contribution in [1.82, 2.24) is 4.90 Å². The molecule has 0 N–H and O–H groups in total. The predicted molar refractivity (Wildman–Crippen MR) is 115 cm³/mol. The van der Waals surface area contributed by atoms with E-state index in [1.807, 2.05) is 18.2 Å². The standard InChI is InChI=1S/C22H21ClN2O3S/c23-17-6-9-20(10-7-17)29(27)16-19-8-11-21(28-19)22(26)25-14-12-24(13-15-25)18-4-2-1-3-5-18/h1-11H,12-16H2/t29-/m1/s1. The molecule has 29 heavy (non-hydrogen) atoms. The third-order valence-corrected chi connectivity index (χ3v) is 6.51. The number of para-hydroxylation sites is 1. The van der Waals surface area contributed by atoms with Gasteiger partial charge in [-0.3, -0.25) is 9.00 Å². The van der Waals surface area contributed by atoms with Crippen LogP contribution < -0.4 is 4.90 Å². The second-order valence-corrected chi connectivity index (χ2v) is 8.71. The number of hydrogen-bond acceptors (Lipinski definition) is 4. The Morgan fingerprint density at radius 3 is 2.31 bits per heavy atom. The lowest BCUT2D eigenvalue weighted by molar-refractivity contribution is 0.0713. The van der Waals surface area contributed by atoms with Crippen molar-refractivity contribution >= 4 is 34.0 Å². The van der Waals surface area contributed by atoms with Crippen molar-refractivity contribution in [3.8, 4) is 0 Å². The molecule has 0 bridgehead atoms. The third-order valence-electron chi connectivity index (χ3n) is 4.91. The zero-order valence-electron chi connectivity index (χ0n) is 15.8. The average Bonchev–Trinajstić information content (AvgIpc) is 3.23. The van der Waals surface area contributed by atoms with E-state index in [2.05, 4.69) is 17.0 Å². The minimum absolute atomic E-state index is 0.124. The fourth-order valence-corrected chi connectivity index (χ4v) is 4.48. The number of piperazine rings is 1. The van der Waals surface area contributed by atoms with Crippen LogP contribution in [-0.4, -0.2) is 41.2 Å². The van der Waals surface area contributed by atoms with Crippen molar-refractivity contribution in [3.63, 3.8) is 0 Å². The number of nitrogens with zero attached hydrogens (tertiary/aromatic N) is 2. The molecule has 2 heterocycles. The number of rotatable bonds is 5. The molecule has 1 aliphatic heterocycles. The molecule has 1 atom stereocenters. The molecule has 0 radical (unpaired) electrons. The van der Waals surface area contributed by atoms with Gasteiger partial charge in [0.2, 0.25) is 0 Å². The quantitative estimate of drug-likeness (QED) is 0.611. The molecule has 1 aromatic heterocycles. The molecule has 1 saturated heterocycles. The predicted octanol–water partition coefficient (Wildman–Crippen LogP) is 4.20. The lowest BCUT2D eigenvalue weighted by Crippen LogP contribution is -2.48. The molecule has 1 aliphatic rings. The van der Waals surface area contributed by atoms with Gasteiger partial charge in [-0.1, -0.05) is 29.8 Å². The molecule has 150 valence electrons. The van der Waals surface area contributed by atoms with Crippen LogP contribution in [0, 0.1) is 0 Å². The Labute approximate surface area is 177 Å². The zero-order valence-corrected chi connectivity index (χ0v) is 17.4. The Kier molecular flexibility index (Phi) is 6.02. The second-order valence-electron chi connectivity index (χ2n) is 6.82. The van der Waals surface area contributed by atoms with Crippen molar-refractivity contribution in [2.45, 2.75) is 10.6 Å². The molecule has 2 aromatic carbocycles. The summed E-state index contributed by atoms with van der Waals surface area (Å²) >= 11 is 5.87. The van der Waals surface area contributed by atoms with E-state index in [9.17, 15) is 9.00 Å². The summed E-state index contributed by atoms with van der Waals surface area (Å²) in [6.07, 6.45) is 0. The first-order valence-electron chi connectivity index (χ1n) is 9.42. The number of anilines is 1. The third kappa shape index (κ3) is 4.71. The highest BCUT2D eigenvalue weighted by atomic mass is 35.5.